The van der Waals surface area contributed by atoms with E-state index in [-0.39, 0.29) is 0 Å². The minimum atomic E-state index is 0.392. The highest BCUT2D eigenvalue weighted by Crippen LogP contribution is 2.29. The van der Waals surface area contributed by atoms with E-state index in [2.05, 4.69) is 20.8 Å². The molecule has 3 rings (SSSR count). The minimum absolute atomic E-state index is 0.392. The zero-order valence-corrected chi connectivity index (χ0v) is 14.4. The summed E-state index contributed by atoms with van der Waals surface area (Å²) < 4.78 is 1.51. The molecular weight excluding hydrogens is 357 g/mol. The van der Waals surface area contributed by atoms with Gasteiger partial charge in [-0.3, -0.25) is 0 Å². The Morgan fingerprint density at radius 2 is 1.96 bits per heavy atom. The number of aromatic nitrogens is 4. The van der Waals surface area contributed by atoms with Gasteiger partial charge in [-0.2, -0.15) is 4.68 Å². The van der Waals surface area contributed by atoms with E-state index in [1.54, 1.807) is 18.2 Å². The molecule has 0 bridgehead atoms. The highest BCUT2D eigenvalue weighted by atomic mass is 35.5. The van der Waals surface area contributed by atoms with Crippen molar-refractivity contribution in [3.8, 4) is 5.69 Å². The van der Waals surface area contributed by atoms with E-state index >= 15 is 0 Å². The van der Waals surface area contributed by atoms with Crippen molar-refractivity contribution in [3.05, 3.63) is 62.6 Å². The van der Waals surface area contributed by atoms with E-state index in [9.17, 15) is 0 Å². The molecule has 0 radical (unpaired) electrons. The Bertz CT molecular complexity index is 847. The van der Waals surface area contributed by atoms with Gasteiger partial charge in [-0.15, -0.1) is 0 Å². The molecule has 5 nitrogen and oxygen atoms in total. The molecule has 0 unspecified atom stereocenters. The van der Waals surface area contributed by atoms with E-state index in [1.165, 1.54) is 4.68 Å². The first-order chi connectivity index (χ1) is 11.1. The number of nitrogens with one attached hydrogen (secondary N) is 1. The zero-order chi connectivity index (χ0) is 16.4. The van der Waals surface area contributed by atoms with Crippen molar-refractivity contribution in [1.82, 2.24) is 20.2 Å². The Balaban J connectivity index is 1.87. The number of aryl methyl sites for hydroxylation is 1. The first-order valence-electron chi connectivity index (χ1n) is 6.78. The first-order valence-corrected chi connectivity index (χ1v) is 7.91. The number of hydrogen-bond donors (Lipinski definition) is 1. The molecule has 0 aliphatic rings. The van der Waals surface area contributed by atoms with Gasteiger partial charge < -0.3 is 5.32 Å². The summed E-state index contributed by atoms with van der Waals surface area (Å²) in [7, 11) is 0. The minimum Gasteiger partial charge on any atom is -0.349 e. The lowest BCUT2D eigenvalue weighted by Gasteiger charge is -2.10. The fourth-order valence-electron chi connectivity index (χ4n) is 2.12. The van der Waals surface area contributed by atoms with Gasteiger partial charge in [0.1, 0.15) is 0 Å². The van der Waals surface area contributed by atoms with E-state index in [0.717, 1.165) is 11.1 Å². The molecular formula is C15H12Cl3N5. The highest BCUT2D eigenvalue weighted by molar-refractivity contribution is 6.43. The SMILES string of the molecule is Cc1ccc(Cl)cc1CNc1nnnn1-c1cccc(Cl)c1Cl. The summed E-state index contributed by atoms with van der Waals surface area (Å²) in [5, 5.41) is 16.4. The third-order valence-electron chi connectivity index (χ3n) is 3.38. The largest absolute Gasteiger partial charge is 0.349 e. The molecule has 1 aromatic heterocycles. The second-order valence-corrected chi connectivity index (χ2v) is 6.13. The normalized spacial score (nSPS) is 10.8. The zero-order valence-electron chi connectivity index (χ0n) is 12.1. The van der Waals surface area contributed by atoms with Gasteiger partial charge in [0.2, 0.25) is 5.95 Å². The molecule has 0 amide bonds. The Labute approximate surface area is 148 Å². The molecule has 118 valence electrons. The van der Waals surface area contributed by atoms with Crippen LogP contribution in [0.15, 0.2) is 36.4 Å². The summed E-state index contributed by atoms with van der Waals surface area (Å²) in [4.78, 5) is 0. The molecule has 0 atom stereocenters. The Morgan fingerprint density at radius 1 is 1.13 bits per heavy atom. The maximum absolute atomic E-state index is 6.23. The number of hydrogen-bond acceptors (Lipinski definition) is 4. The van der Waals surface area contributed by atoms with Crippen molar-refractivity contribution in [2.75, 3.05) is 5.32 Å². The maximum atomic E-state index is 6.23. The predicted octanol–water partition coefficient (Wildman–Crippen LogP) is 4.54. The molecule has 2 aromatic carbocycles. The average Bonchev–Trinajstić information content (AvgIpc) is 2.99. The van der Waals surface area contributed by atoms with Crippen molar-refractivity contribution in [2.24, 2.45) is 0 Å². The van der Waals surface area contributed by atoms with Gasteiger partial charge in [-0.1, -0.05) is 52.0 Å². The Kier molecular flexibility index (Phi) is 4.71. The van der Waals surface area contributed by atoms with E-state index in [4.69, 9.17) is 34.8 Å². The molecule has 23 heavy (non-hydrogen) atoms. The van der Waals surface area contributed by atoms with Crippen molar-refractivity contribution < 1.29 is 0 Å². The summed E-state index contributed by atoms with van der Waals surface area (Å²) in [5.41, 5.74) is 2.79. The van der Waals surface area contributed by atoms with Gasteiger partial charge in [-0.05, 0) is 52.7 Å². The Morgan fingerprint density at radius 3 is 2.78 bits per heavy atom. The fourth-order valence-corrected chi connectivity index (χ4v) is 2.69. The van der Waals surface area contributed by atoms with E-state index < -0.39 is 0 Å². The maximum Gasteiger partial charge on any atom is 0.248 e. The van der Waals surface area contributed by atoms with E-state index in [1.807, 2.05) is 25.1 Å². The highest BCUT2D eigenvalue weighted by Gasteiger charge is 2.13. The molecule has 0 fully saturated rings. The number of tetrazole rings is 1. The third-order valence-corrected chi connectivity index (χ3v) is 4.42. The van der Waals surface area contributed by atoms with Crippen LogP contribution in [0, 0.1) is 6.92 Å². The van der Waals surface area contributed by atoms with Crippen LogP contribution in [0.3, 0.4) is 0 Å². The standard InChI is InChI=1S/C15H12Cl3N5/c1-9-5-6-11(16)7-10(9)8-19-15-20-21-22-23(15)13-4-2-3-12(17)14(13)18/h2-7H,8H2,1H3,(H,19,20,22). The lowest BCUT2D eigenvalue weighted by Crippen LogP contribution is -2.08. The van der Waals surface area contributed by atoms with Gasteiger partial charge in [0.15, 0.2) is 0 Å². The van der Waals surface area contributed by atoms with Crippen LogP contribution in [0.5, 0.6) is 0 Å². The Hall–Kier alpha value is -1.82. The van der Waals surface area contributed by atoms with Crippen molar-refractivity contribution in [1.29, 1.82) is 0 Å². The predicted molar refractivity (Wildman–Crippen MR) is 92.7 cm³/mol. The summed E-state index contributed by atoms with van der Waals surface area (Å²) >= 11 is 18.3. The molecule has 3 aromatic rings. The average molecular weight is 369 g/mol. The van der Waals surface area contributed by atoms with Crippen molar-refractivity contribution in [3.63, 3.8) is 0 Å². The quantitative estimate of drug-likeness (QED) is 0.734. The lowest BCUT2D eigenvalue weighted by atomic mass is 10.1. The first kappa shape index (κ1) is 16.1. The summed E-state index contributed by atoms with van der Waals surface area (Å²) in [6, 6.07) is 11.0. The molecule has 0 spiro atoms. The molecule has 1 heterocycles. The van der Waals surface area contributed by atoms with Gasteiger partial charge in [-0.25, -0.2) is 0 Å². The summed E-state index contributed by atoms with van der Waals surface area (Å²) in [5.74, 6) is 0.466. The van der Waals surface area contributed by atoms with Crippen molar-refractivity contribution in [2.45, 2.75) is 13.5 Å². The summed E-state index contributed by atoms with van der Waals surface area (Å²) in [6.07, 6.45) is 0. The van der Waals surface area contributed by atoms with Gasteiger partial charge in [0.05, 0.1) is 15.7 Å². The van der Waals surface area contributed by atoms with Gasteiger partial charge in [0, 0.05) is 11.6 Å². The number of nitrogens with zero attached hydrogens (tertiary/aromatic N) is 4. The number of rotatable bonds is 4. The van der Waals surface area contributed by atoms with Crippen LogP contribution in [0.1, 0.15) is 11.1 Å². The smallest absolute Gasteiger partial charge is 0.248 e. The van der Waals surface area contributed by atoms with Crippen LogP contribution in [0.25, 0.3) is 5.69 Å². The van der Waals surface area contributed by atoms with Crippen LogP contribution < -0.4 is 5.32 Å². The fraction of sp³-hybridized carbons (Fsp3) is 0.133. The van der Waals surface area contributed by atoms with Crippen LogP contribution >= 0.6 is 34.8 Å². The molecule has 0 aliphatic carbocycles. The lowest BCUT2D eigenvalue weighted by molar-refractivity contribution is 0.789. The molecule has 0 aliphatic heterocycles. The molecule has 8 heteroatoms. The monoisotopic (exact) mass is 367 g/mol. The second kappa shape index (κ2) is 6.74. The van der Waals surface area contributed by atoms with Crippen LogP contribution in [0.2, 0.25) is 15.1 Å². The third kappa shape index (κ3) is 3.42. The van der Waals surface area contributed by atoms with Gasteiger partial charge in [0.25, 0.3) is 0 Å². The number of halogens is 3. The van der Waals surface area contributed by atoms with Gasteiger partial charge >= 0.3 is 0 Å². The second-order valence-electron chi connectivity index (χ2n) is 4.91. The number of benzene rings is 2. The molecule has 0 saturated carbocycles. The molecule has 1 N–H and O–H groups in total. The van der Waals surface area contributed by atoms with E-state index in [0.29, 0.717) is 33.2 Å². The molecule has 0 saturated heterocycles. The number of anilines is 1. The summed E-state index contributed by atoms with van der Waals surface area (Å²) in [6.45, 7) is 2.55. The topological polar surface area (TPSA) is 55.6 Å². The van der Waals surface area contributed by atoms with Crippen molar-refractivity contribution >= 4 is 40.8 Å². The van der Waals surface area contributed by atoms with Crippen LogP contribution in [-0.2, 0) is 6.54 Å². The van der Waals surface area contributed by atoms with Crippen LogP contribution in [0.4, 0.5) is 5.95 Å². The van der Waals surface area contributed by atoms with Crippen LogP contribution in [-0.4, -0.2) is 20.2 Å².